The average molecular weight is 613 g/mol. The van der Waals surface area contributed by atoms with E-state index in [1.165, 1.54) is 0 Å². The molecule has 5 heterocycles. The van der Waals surface area contributed by atoms with Gasteiger partial charge in [0.2, 0.25) is 0 Å². The first-order valence-corrected chi connectivity index (χ1v) is 13.6. The molecule has 4 aromatic carbocycles. The van der Waals surface area contributed by atoms with Crippen LogP contribution in [0.1, 0.15) is 10.4 Å². The van der Waals surface area contributed by atoms with E-state index in [0.29, 0.717) is 56.7 Å². The molecule has 0 saturated carbocycles. The number of aromatic nitrogens is 8. The van der Waals surface area contributed by atoms with E-state index in [9.17, 15) is 9.90 Å². The van der Waals surface area contributed by atoms with E-state index >= 15 is 0 Å². The second kappa shape index (κ2) is 9.63. The molecule has 3 aromatic heterocycles. The molecule has 2 aliphatic rings. The van der Waals surface area contributed by atoms with Crippen LogP contribution in [0.15, 0.2) is 91.0 Å². The second-order valence-corrected chi connectivity index (χ2v) is 10.3. The topological polar surface area (TPSA) is 146 Å². The second-order valence-electron chi connectivity index (χ2n) is 10.3. The third kappa shape index (κ3) is 3.84. The molecule has 11 heteroatoms. The first kappa shape index (κ1) is 25.9. The van der Waals surface area contributed by atoms with E-state index in [-0.39, 0.29) is 22.6 Å². The molecule has 0 fully saturated rings. The Kier molecular flexibility index (Phi) is 5.67. The zero-order valence-electron chi connectivity index (χ0n) is 22.6. The molecule has 0 atom stereocenters. The Morgan fingerprint density at radius 1 is 0.477 bits per heavy atom. The van der Waals surface area contributed by atoms with Gasteiger partial charge in [0.05, 0.1) is 5.56 Å². The quantitative estimate of drug-likeness (QED) is 0.176. The van der Waals surface area contributed by atoms with Crippen LogP contribution < -0.4 is 0 Å². The summed E-state index contributed by atoms with van der Waals surface area (Å²) in [5.74, 6) is 0.936. The van der Waals surface area contributed by atoms with Gasteiger partial charge in [0.1, 0.15) is 22.6 Å². The molecule has 1 radical (unpaired) electrons. The van der Waals surface area contributed by atoms with Gasteiger partial charge in [-0.2, -0.15) is 0 Å². The van der Waals surface area contributed by atoms with E-state index in [4.69, 9.17) is 29.9 Å². The minimum Gasteiger partial charge on any atom is -0.478 e. The standard InChI is InChI=1S/C33H18N8O2.Mn/c42-33(43)16-13-14-23-24(15-16)32-40-30-22-12-6-5-11-21(22)28(38-30)36-26-18-8-2-1-7-17(18)25(34-26)35-27-19-9-3-4-10-20(19)29(37-27)39-31(23)41-32;/h1-15H,(H,42,43)(H2,34,35,36,37,38,39,40,41);. The van der Waals surface area contributed by atoms with Crippen LogP contribution in [0.4, 0.5) is 0 Å². The largest absolute Gasteiger partial charge is 0.478 e. The summed E-state index contributed by atoms with van der Waals surface area (Å²) in [7, 11) is 0. The van der Waals surface area contributed by atoms with Crippen LogP contribution in [-0.4, -0.2) is 50.9 Å². The maximum Gasteiger partial charge on any atom is 0.335 e. The number of nitrogens with one attached hydrogen (secondary N) is 2. The van der Waals surface area contributed by atoms with Crippen LogP contribution >= 0.6 is 0 Å². The van der Waals surface area contributed by atoms with Gasteiger partial charge in [0.15, 0.2) is 23.3 Å². The van der Waals surface area contributed by atoms with Crippen molar-refractivity contribution in [3.05, 3.63) is 96.6 Å². The van der Waals surface area contributed by atoms with E-state index in [1.54, 1.807) is 18.2 Å². The van der Waals surface area contributed by atoms with Gasteiger partial charge in [0, 0.05) is 60.9 Å². The van der Waals surface area contributed by atoms with Crippen LogP contribution in [0.2, 0.25) is 0 Å². The molecule has 8 bridgehead atoms. The van der Waals surface area contributed by atoms with Crippen molar-refractivity contribution in [2.24, 2.45) is 0 Å². The van der Waals surface area contributed by atoms with Crippen LogP contribution in [0.5, 0.6) is 0 Å². The summed E-state index contributed by atoms with van der Waals surface area (Å²) >= 11 is 0. The SMILES string of the molecule is O=C(O)c1ccc2c3nc4nc(nc5[nH]c(nc6nc(nc([nH]3)c2c1)-c1ccccc1-6)c1ccccc51)-c1ccccc1-4.[Mn]. The molecule has 10 nitrogen and oxygen atoms in total. The Morgan fingerprint density at radius 2 is 0.841 bits per heavy atom. The Balaban J connectivity index is 0.00000289. The van der Waals surface area contributed by atoms with Gasteiger partial charge in [-0.25, -0.2) is 34.7 Å². The number of carbonyl (C=O) groups is 1. The maximum absolute atomic E-state index is 11.9. The number of benzene rings is 4. The number of H-pyrrole nitrogens is 2. The first-order chi connectivity index (χ1) is 21.1. The molecular weight excluding hydrogens is 595 g/mol. The van der Waals surface area contributed by atoms with E-state index in [2.05, 4.69) is 9.97 Å². The Bertz CT molecular complexity index is 2510. The predicted octanol–water partition coefficient (Wildman–Crippen LogP) is 6.56. The summed E-state index contributed by atoms with van der Waals surface area (Å²) < 4.78 is 0. The molecule has 44 heavy (non-hydrogen) atoms. The maximum atomic E-state index is 11.9. The number of aromatic carboxylic acids is 1. The molecule has 0 amide bonds. The first-order valence-electron chi connectivity index (χ1n) is 13.6. The summed E-state index contributed by atoms with van der Waals surface area (Å²) in [5.41, 5.74) is 5.67. The van der Waals surface area contributed by atoms with Crippen LogP contribution in [0, 0.1) is 0 Å². The summed E-state index contributed by atoms with van der Waals surface area (Å²) in [6, 6.07) is 28.4. The van der Waals surface area contributed by atoms with Crippen LogP contribution in [-0.2, 0) is 17.1 Å². The van der Waals surface area contributed by atoms with Gasteiger partial charge in [-0.3, -0.25) is 0 Å². The van der Waals surface area contributed by atoms with Crippen molar-refractivity contribution in [3.8, 4) is 45.6 Å². The number of rotatable bonds is 1. The normalized spacial score (nSPS) is 11.6. The zero-order chi connectivity index (χ0) is 28.7. The number of fused-ring (bicyclic) bond motifs is 20. The summed E-state index contributed by atoms with van der Waals surface area (Å²) in [6.45, 7) is 0. The van der Waals surface area contributed by atoms with Gasteiger partial charge in [-0.15, -0.1) is 0 Å². The number of hydrogen-bond acceptors (Lipinski definition) is 7. The predicted molar refractivity (Wildman–Crippen MR) is 163 cm³/mol. The Morgan fingerprint density at radius 3 is 1.25 bits per heavy atom. The minimum atomic E-state index is -1.03. The van der Waals surface area contributed by atoms with Crippen molar-refractivity contribution in [1.82, 2.24) is 39.9 Å². The summed E-state index contributed by atoms with van der Waals surface area (Å²) in [5, 5.41) is 12.8. The molecule has 9 rings (SSSR count). The summed E-state index contributed by atoms with van der Waals surface area (Å²) in [6.07, 6.45) is 0. The molecule has 7 aromatic rings. The molecule has 3 N–H and O–H groups in total. The molecule has 0 spiro atoms. The molecule has 209 valence electrons. The van der Waals surface area contributed by atoms with Gasteiger partial charge in [0.25, 0.3) is 0 Å². The third-order valence-corrected chi connectivity index (χ3v) is 7.80. The number of hydrogen-bond donors (Lipinski definition) is 3. The monoisotopic (exact) mass is 613 g/mol. The van der Waals surface area contributed by atoms with Gasteiger partial charge in [-0.1, -0.05) is 72.8 Å². The van der Waals surface area contributed by atoms with Crippen LogP contribution in [0.3, 0.4) is 0 Å². The zero-order valence-corrected chi connectivity index (χ0v) is 23.8. The third-order valence-electron chi connectivity index (χ3n) is 7.80. The number of nitrogens with zero attached hydrogens (tertiary/aromatic N) is 6. The Labute approximate surface area is 258 Å². The number of carboxylic acid groups (broad SMARTS) is 1. The van der Waals surface area contributed by atoms with Crippen molar-refractivity contribution >= 4 is 50.1 Å². The van der Waals surface area contributed by atoms with Gasteiger partial charge >= 0.3 is 5.97 Å². The fourth-order valence-corrected chi connectivity index (χ4v) is 5.77. The fourth-order valence-electron chi connectivity index (χ4n) is 5.77. The molecule has 0 saturated heterocycles. The smallest absolute Gasteiger partial charge is 0.335 e. The van der Waals surface area contributed by atoms with Crippen molar-refractivity contribution in [2.75, 3.05) is 0 Å². The van der Waals surface area contributed by atoms with E-state index in [1.807, 2.05) is 72.8 Å². The van der Waals surface area contributed by atoms with E-state index < -0.39 is 5.97 Å². The minimum absolute atomic E-state index is 0. The van der Waals surface area contributed by atoms with Gasteiger partial charge in [-0.05, 0) is 18.2 Å². The number of carboxylic acids is 1. The molecular formula is C33H18MnN8O2. The van der Waals surface area contributed by atoms with Crippen molar-refractivity contribution in [3.63, 3.8) is 0 Å². The molecule has 0 aliphatic carbocycles. The Hall–Kier alpha value is -5.77. The fraction of sp³-hybridized carbons (Fsp3) is 0. The summed E-state index contributed by atoms with van der Waals surface area (Å²) in [4.78, 5) is 48.1. The van der Waals surface area contributed by atoms with E-state index in [0.717, 1.165) is 33.0 Å². The average Bonchev–Trinajstić information content (AvgIpc) is 3.76. The van der Waals surface area contributed by atoms with Crippen molar-refractivity contribution < 1.29 is 27.0 Å². The molecule has 0 unspecified atom stereocenters. The number of aromatic amines is 2. The van der Waals surface area contributed by atoms with Crippen LogP contribution in [0.25, 0.3) is 89.7 Å². The van der Waals surface area contributed by atoms with Crippen molar-refractivity contribution in [2.45, 2.75) is 0 Å². The van der Waals surface area contributed by atoms with Crippen molar-refractivity contribution in [1.29, 1.82) is 0 Å². The molecule has 2 aliphatic heterocycles. The van der Waals surface area contributed by atoms with Gasteiger partial charge < -0.3 is 15.1 Å².